The third kappa shape index (κ3) is 10.8. The van der Waals surface area contributed by atoms with Crippen molar-refractivity contribution in [2.24, 2.45) is 0 Å². The second kappa shape index (κ2) is 5.69. The van der Waals surface area contributed by atoms with Gasteiger partial charge >= 0.3 is 12.3 Å². The third-order valence-corrected chi connectivity index (χ3v) is 0.946. The molecule has 0 aliphatic heterocycles. The highest BCUT2D eigenvalue weighted by atomic mass is 16.8. The van der Waals surface area contributed by atoms with Crippen molar-refractivity contribution >= 4 is 12.3 Å². The maximum Gasteiger partial charge on any atom is 0.519 e. The quantitative estimate of drug-likeness (QED) is 0.474. The molecule has 0 aromatic rings. The van der Waals surface area contributed by atoms with Crippen molar-refractivity contribution < 1.29 is 29.3 Å². The van der Waals surface area contributed by atoms with Crippen LogP contribution in [-0.4, -0.2) is 29.0 Å². The summed E-state index contributed by atoms with van der Waals surface area (Å²) in [5, 5.41) is 0. The molecule has 0 aliphatic carbocycles. The normalized spacial score (nSPS) is 11.1. The highest BCUT2D eigenvalue weighted by Gasteiger charge is 2.24. The van der Waals surface area contributed by atoms with E-state index in [1.54, 1.807) is 41.5 Å². The fourth-order valence-corrected chi connectivity index (χ4v) is 0.610. The first-order valence-electron chi connectivity index (χ1n) is 4.63. The first-order valence-corrected chi connectivity index (χ1v) is 4.63. The Morgan fingerprint density at radius 3 is 1.19 bits per heavy atom. The van der Waals surface area contributed by atoms with Crippen LogP contribution in [0.4, 0.5) is 9.59 Å². The lowest BCUT2D eigenvalue weighted by Gasteiger charge is -2.20. The van der Waals surface area contributed by atoms with E-state index in [9.17, 15) is 9.59 Å². The molecule has 0 fully saturated rings. The van der Waals surface area contributed by atoms with E-state index >= 15 is 0 Å². The summed E-state index contributed by atoms with van der Waals surface area (Å²) in [7, 11) is 0. The molecule has 16 heavy (non-hydrogen) atoms. The fourth-order valence-electron chi connectivity index (χ4n) is 0.610. The van der Waals surface area contributed by atoms with Crippen molar-refractivity contribution in [2.45, 2.75) is 52.7 Å². The predicted molar refractivity (Wildman–Crippen MR) is 57.2 cm³/mol. The van der Waals surface area contributed by atoms with Gasteiger partial charge < -0.3 is 19.7 Å². The molecule has 0 saturated carbocycles. The maximum atomic E-state index is 11.0. The summed E-state index contributed by atoms with van der Waals surface area (Å²) in [6.45, 7) is 10.0. The number of ether oxygens (including phenoxy) is 3. The van der Waals surface area contributed by atoms with E-state index in [1.165, 1.54) is 0 Å². The SMILES string of the molecule is CC(C)(C)OC(=O)OC(=O)OC(C)(C)C.O. The minimum atomic E-state index is -1.06. The average molecular weight is 236 g/mol. The monoisotopic (exact) mass is 236 g/mol. The van der Waals surface area contributed by atoms with Gasteiger partial charge in [0.2, 0.25) is 0 Å². The second-order valence-electron chi connectivity index (χ2n) is 5.03. The molecule has 0 unspecified atom stereocenters. The number of rotatable bonds is 0. The first kappa shape index (κ1) is 17.1. The van der Waals surface area contributed by atoms with Crippen molar-refractivity contribution in [3.05, 3.63) is 0 Å². The van der Waals surface area contributed by atoms with Crippen LogP contribution in [0.25, 0.3) is 0 Å². The molecule has 0 aromatic carbocycles. The summed E-state index contributed by atoms with van der Waals surface area (Å²) < 4.78 is 13.8. The standard InChI is InChI=1S/C10H18O5.H2O/c1-9(2,3)14-7(11)13-8(12)15-10(4,5)6;/h1-6H3;1H2. The summed E-state index contributed by atoms with van der Waals surface area (Å²) in [6, 6.07) is 0. The van der Waals surface area contributed by atoms with Crippen LogP contribution in [0, 0.1) is 0 Å². The molecule has 0 atom stereocenters. The van der Waals surface area contributed by atoms with Gasteiger partial charge in [-0.2, -0.15) is 0 Å². The molecule has 0 saturated heterocycles. The van der Waals surface area contributed by atoms with E-state index in [4.69, 9.17) is 9.47 Å². The maximum absolute atomic E-state index is 11.0. The van der Waals surface area contributed by atoms with E-state index in [1.807, 2.05) is 0 Å². The van der Waals surface area contributed by atoms with Gasteiger partial charge in [-0.15, -0.1) is 0 Å². The van der Waals surface area contributed by atoms with Gasteiger partial charge in [-0.05, 0) is 41.5 Å². The van der Waals surface area contributed by atoms with E-state index < -0.39 is 23.5 Å². The van der Waals surface area contributed by atoms with Crippen LogP contribution >= 0.6 is 0 Å². The van der Waals surface area contributed by atoms with Crippen molar-refractivity contribution in [3.8, 4) is 0 Å². The zero-order valence-electron chi connectivity index (χ0n) is 10.5. The number of carbonyl (C=O) groups is 2. The molecule has 6 nitrogen and oxygen atoms in total. The highest BCUT2D eigenvalue weighted by molar-refractivity contribution is 5.77. The summed E-state index contributed by atoms with van der Waals surface area (Å²) in [4.78, 5) is 22.0. The van der Waals surface area contributed by atoms with Gasteiger partial charge in [-0.3, -0.25) is 0 Å². The molecule has 0 heterocycles. The van der Waals surface area contributed by atoms with Crippen LogP contribution in [0.5, 0.6) is 0 Å². The Labute approximate surface area is 95.2 Å². The largest absolute Gasteiger partial charge is 0.519 e. The summed E-state index contributed by atoms with van der Waals surface area (Å²) in [5.41, 5.74) is -1.39. The second-order valence-corrected chi connectivity index (χ2v) is 5.03. The van der Waals surface area contributed by atoms with Crippen molar-refractivity contribution in [1.82, 2.24) is 0 Å². The van der Waals surface area contributed by atoms with Gasteiger partial charge in [-0.25, -0.2) is 9.59 Å². The fraction of sp³-hybridized carbons (Fsp3) is 0.800. The Bertz CT molecular complexity index is 219. The minimum absolute atomic E-state index is 0. The molecular formula is C10H20O6. The Hall–Kier alpha value is -1.30. The molecule has 0 bridgehead atoms. The Morgan fingerprint density at radius 2 is 1.00 bits per heavy atom. The minimum Gasteiger partial charge on any atom is -0.428 e. The van der Waals surface area contributed by atoms with Crippen LogP contribution in [0.2, 0.25) is 0 Å². The van der Waals surface area contributed by atoms with Crippen LogP contribution < -0.4 is 0 Å². The lowest BCUT2D eigenvalue weighted by atomic mass is 10.2. The van der Waals surface area contributed by atoms with Gasteiger partial charge in [0.25, 0.3) is 0 Å². The Morgan fingerprint density at radius 1 is 0.750 bits per heavy atom. The van der Waals surface area contributed by atoms with Gasteiger partial charge in [0.1, 0.15) is 11.2 Å². The molecule has 0 radical (unpaired) electrons. The number of carbonyl (C=O) groups excluding carboxylic acids is 2. The van der Waals surface area contributed by atoms with E-state index in [-0.39, 0.29) is 5.48 Å². The van der Waals surface area contributed by atoms with E-state index in [0.717, 1.165) is 0 Å². The van der Waals surface area contributed by atoms with Crippen molar-refractivity contribution in [3.63, 3.8) is 0 Å². The van der Waals surface area contributed by atoms with Gasteiger partial charge in [0.05, 0.1) is 0 Å². The van der Waals surface area contributed by atoms with Crippen LogP contribution in [0.15, 0.2) is 0 Å². The van der Waals surface area contributed by atoms with Crippen molar-refractivity contribution in [2.75, 3.05) is 0 Å². The molecular weight excluding hydrogens is 216 g/mol. The lowest BCUT2D eigenvalue weighted by Crippen LogP contribution is -2.29. The smallest absolute Gasteiger partial charge is 0.428 e. The van der Waals surface area contributed by atoms with Gasteiger partial charge in [0.15, 0.2) is 0 Å². The Kier molecular flexibility index (Phi) is 6.09. The van der Waals surface area contributed by atoms with Gasteiger partial charge in [-0.1, -0.05) is 0 Å². The average Bonchev–Trinajstić information content (AvgIpc) is 1.73. The summed E-state index contributed by atoms with van der Waals surface area (Å²) in [5.74, 6) is 0. The predicted octanol–water partition coefficient (Wildman–Crippen LogP) is 2.05. The lowest BCUT2D eigenvalue weighted by molar-refractivity contribution is -0.0293. The molecule has 2 N–H and O–H groups in total. The molecule has 96 valence electrons. The van der Waals surface area contributed by atoms with Crippen LogP contribution in [0.3, 0.4) is 0 Å². The molecule has 6 heteroatoms. The third-order valence-electron chi connectivity index (χ3n) is 0.946. The number of hydrogen-bond donors (Lipinski definition) is 0. The molecule has 0 aliphatic rings. The molecule has 0 amide bonds. The zero-order valence-corrected chi connectivity index (χ0v) is 10.5. The van der Waals surface area contributed by atoms with Gasteiger partial charge in [0, 0.05) is 0 Å². The molecule has 0 spiro atoms. The van der Waals surface area contributed by atoms with Crippen LogP contribution in [0.1, 0.15) is 41.5 Å². The van der Waals surface area contributed by atoms with Crippen LogP contribution in [-0.2, 0) is 14.2 Å². The zero-order chi connectivity index (χ0) is 12.3. The first-order chi connectivity index (χ1) is 6.49. The molecule has 0 rings (SSSR count). The number of hydrogen-bond acceptors (Lipinski definition) is 5. The Balaban J connectivity index is 0. The topological polar surface area (TPSA) is 93.3 Å². The van der Waals surface area contributed by atoms with E-state index in [0.29, 0.717) is 0 Å². The summed E-state index contributed by atoms with van der Waals surface area (Å²) >= 11 is 0. The van der Waals surface area contributed by atoms with E-state index in [2.05, 4.69) is 4.74 Å². The summed E-state index contributed by atoms with van der Waals surface area (Å²) in [6.07, 6.45) is -2.12. The van der Waals surface area contributed by atoms with Crippen molar-refractivity contribution in [1.29, 1.82) is 0 Å². The molecule has 0 aromatic heterocycles. The highest BCUT2D eigenvalue weighted by Crippen LogP contribution is 2.11.